The van der Waals surface area contributed by atoms with Gasteiger partial charge < -0.3 is 15.0 Å². The average molecular weight is 753 g/mol. The first-order valence-electron chi connectivity index (χ1n) is 15.8. The van der Waals surface area contributed by atoms with E-state index < -0.39 is 28.5 Å². The summed E-state index contributed by atoms with van der Waals surface area (Å²) < 4.78 is 36.2. The number of sulfonamides is 1. The number of hydrogen-bond donors (Lipinski definition) is 1. The maximum atomic E-state index is 14.6. The molecule has 11 heteroatoms. The van der Waals surface area contributed by atoms with Gasteiger partial charge in [-0.05, 0) is 90.9 Å². The zero-order valence-electron chi connectivity index (χ0n) is 27.6. The molecule has 4 rings (SSSR count). The van der Waals surface area contributed by atoms with Gasteiger partial charge in [-0.1, -0.05) is 72.2 Å². The van der Waals surface area contributed by atoms with Crippen LogP contribution in [-0.4, -0.2) is 57.1 Å². The van der Waals surface area contributed by atoms with Crippen LogP contribution in [0, 0.1) is 5.92 Å². The molecule has 0 aliphatic carbocycles. The Labute approximate surface area is 297 Å². The zero-order valence-corrected chi connectivity index (χ0v) is 30.9. The fraction of sp³-hybridized carbons (Fsp3) is 0.297. The molecule has 0 aliphatic rings. The quantitative estimate of drug-likeness (QED) is 0.122. The van der Waals surface area contributed by atoms with Gasteiger partial charge in [-0.25, -0.2) is 8.42 Å². The number of rotatable bonds is 16. The number of benzene rings is 4. The van der Waals surface area contributed by atoms with Crippen molar-refractivity contribution in [2.75, 3.05) is 30.3 Å². The Morgan fingerprint density at radius 1 is 0.875 bits per heavy atom. The summed E-state index contributed by atoms with van der Waals surface area (Å²) in [5.41, 5.74) is 1.97. The third-order valence-corrected chi connectivity index (χ3v) is 10.6. The van der Waals surface area contributed by atoms with E-state index in [0.29, 0.717) is 24.6 Å². The second-order valence-electron chi connectivity index (χ2n) is 11.6. The molecular weight excluding hydrogens is 710 g/mol. The molecule has 0 heterocycles. The van der Waals surface area contributed by atoms with Gasteiger partial charge in [-0.15, -0.1) is 11.8 Å². The van der Waals surface area contributed by atoms with Crippen molar-refractivity contribution in [1.29, 1.82) is 0 Å². The Morgan fingerprint density at radius 2 is 1.52 bits per heavy atom. The molecule has 0 aliphatic heterocycles. The van der Waals surface area contributed by atoms with Crippen LogP contribution >= 0.6 is 27.7 Å². The molecule has 2 amide bonds. The van der Waals surface area contributed by atoms with Crippen LogP contribution in [0.3, 0.4) is 0 Å². The van der Waals surface area contributed by atoms with Crippen LogP contribution in [0.25, 0.3) is 0 Å². The minimum atomic E-state index is -4.21. The molecule has 0 unspecified atom stereocenters. The molecule has 1 atom stereocenters. The lowest BCUT2D eigenvalue weighted by Gasteiger charge is -2.34. The molecule has 4 aromatic carbocycles. The summed E-state index contributed by atoms with van der Waals surface area (Å²) in [6.45, 7) is 6.32. The molecular formula is C37H42BrN3O5S2. The molecule has 48 heavy (non-hydrogen) atoms. The fourth-order valence-electron chi connectivity index (χ4n) is 5.04. The largest absolute Gasteiger partial charge is 0.494 e. The fourth-order valence-corrected chi connectivity index (χ4v) is 7.13. The molecule has 0 saturated heterocycles. The van der Waals surface area contributed by atoms with E-state index in [0.717, 1.165) is 24.8 Å². The number of amides is 2. The molecule has 0 bridgehead atoms. The molecule has 0 aromatic heterocycles. The van der Waals surface area contributed by atoms with Gasteiger partial charge in [0.05, 0.1) is 17.2 Å². The number of nitrogens with zero attached hydrogens (tertiary/aromatic N) is 2. The summed E-state index contributed by atoms with van der Waals surface area (Å²) in [4.78, 5) is 31.0. The number of anilines is 1. The van der Waals surface area contributed by atoms with Gasteiger partial charge in [-0.3, -0.25) is 13.9 Å². The van der Waals surface area contributed by atoms with Crippen LogP contribution in [0.5, 0.6) is 5.75 Å². The Bertz CT molecular complexity index is 1730. The van der Waals surface area contributed by atoms with Crippen molar-refractivity contribution in [3.8, 4) is 5.75 Å². The second-order valence-corrected chi connectivity index (χ2v) is 15.3. The van der Waals surface area contributed by atoms with Gasteiger partial charge >= 0.3 is 0 Å². The summed E-state index contributed by atoms with van der Waals surface area (Å²) in [6, 6.07) is 29.3. The topological polar surface area (TPSA) is 96.0 Å². The normalized spacial score (nSPS) is 12.0. The van der Waals surface area contributed by atoms with Crippen molar-refractivity contribution in [3.05, 3.63) is 119 Å². The Kier molecular flexibility index (Phi) is 13.5. The number of carbonyl (C=O) groups excluding carboxylic acids is 2. The smallest absolute Gasteiger partial charge is 0.264 e. The lowest BCUT2D eigenvalue weighted by molar-refractivity contribution is -0.140. The van der Waals surface area contributed by atoms with Crippen LogP contribution in [0.4, 0.5) is 5.69 Å². The maximum absolute atomic E-state index is 14.6. The standard InChI is InChI=1S/C37H42BrN3O5S2/c1-5-46-32-17-15-31(16-18-32)41(48(44,45)34-21-19-33(47-4)20-22-34)26-36(42)40(25-29-11-13-30(38)14-12-29)35(37(43)39-24-27(2)3)23-28-9-7-6-8-10-28/h6-22,27,35H,5,23-26H2,1-4H3,(H,39,43)/t35-/m0/s1. The summed E-state index contributed by atoms with van der Waals surface area (Å²) in [6.07, 6.45) is 2.16. The third kappa shape index (κ3) is 10.1. The van der Waals surface area contributed by atoms with E-state index in [1.165, 1.54) is 16.7 Å². The lowest BCUT2D eigenvalue weighted by atomic mass is 10.0. The van der Waals surface area contributed by atoms with Gasteiger partial charge in [-0.2, -0.15) is 0 Å². The van der Waals surface area contributed by atoms with Gasteiger partial charge in [0.25, 0.3) is 10.0 Å². The number of halogens is 1. The first-order valence-corrected chi connectivity index (χ1v) is 19.2. The van der Waals surface area contributed by atoms with Crippen LogP contribution in [0.1, 0.15) is 31.9 Å². The van der Waals surface area contributed by atoms with E-state index in [2.05, 4.69) is 21.2 Å². The van der Waals surface area contributed by atoms with E-state index in [9.17, 15) is 18.0 Å². The summed E-state index contributed by atoms with van der Waals surface area (Å²) >= 11 is 4.97. The Balaban J connectivity index is 1.79. The highest BCUT2D eigenvalue weighted by Gasteiger charge is 2.34. The first kappa shape index (κ1) is 37.0. The van der Waals surface area contributed by atoms with E-state index in [1.807, 2.05) is 81.6 Å². The van der Waals surface area contributed by atoms with Crippen molar-refractivity contribution >= 4 is 55.2 Å². The molecule has 0 fully saturated rings. The van der Waals surface area contributed by atoms with Crippen molar-refractivity contribution < 1.29 is 22.7 Å². The molecule has 0 spiro atoms. The van der Waals surface area contributed by atoms with Crippen molar-refractivity contribution in [3.63, 3.8) is 0 Å². The third-order valence-electron chi connectivity index (χ3n) is 7.58. The summed E-state index contributed by atoms with van der Waals surface area (Å²) in [5.74, 6) is -0.0477. The lowest BCUT2D eigenvalue weighted by Crippen LogP contribution is -2.53. The van der Waals surface area contributed by atoms with Crippen LogP contribution in [-0.2, 0) is 32.6 Å². The van der Waals surface area contributed by atoms with E-state index in [1.54, 1.807) is 48.5 Å². The minimum Gasteiger partial charge on any atom is -0.494 e. The number of thioether (sulfide) groups is 1. The molecule has 8 nitrogen and oxygen atoms in total. The average Bonchev–Trinajstić information content (AvgIpc) is 3.09. The number of nitrogens with one attached hydrogen (secondary N) is 1. The minimum absolute atomic E-state index is 0.0527. The van der Waals surface area contributed by atoms with Crippen LogP contribution in [0.2, 0.25) is 0 Å². The number of carbonyl (C=O) groups is 2. The molecule has 0 radical (unpaired) electrons. The molecule has 4 aromatic rings. The van der Waals surface area contributed by atoms with Gasteiger partial charge in [0.15, 0.2) is 0 Å². The summed E-state index contributed by atoms with van der Waals surface area (Å²) in [5, 5.41) is 3.01. The molecule has 254 valence electrons. The van der Waals surface area contributed by atoms with Gasteiger partial charge in [0.1, 0.15) is 18.3 Å². The van der Waals surface area contributed by atoms with E-state index >= 15 is 0 Å². The first-order chi connectivity index (χ1) is 23.0. The Morgan fingerprint density at radius 3 is 2.10 bits per heavy atom. The predicted molar refractivity (Wildman–Crippen MR) is 197 cm³/mol. The highest BCUT2D eigenvalue weighted by molar-refractivity contribution is 9.10. The highest BCUT2D eigenvalue weighted by atomic mass is 79.9. The summed E-state index contributed by atoms with van der Waals surface area (Å²) in [7, 11) is -4.21. The Hall–Kier alpha value is -3.80. The number of ether oxygens (including phenoxy) is 1. The SMILES string of the molecule is CCOc1ccc(N(CC(=O)N(Cc2ccc(Br)cc2)[C@@H](Cc2ccccc2)C(=O)NCC(C)C)S(=O)(=O)c2ccc(SC)cc2)cc1. The van der Waals surface area contributed by atoms with E-state index in [4.69, 9.17) is 4.74 Å². The predicted octanol–water partition coefficient (Wildman–Crippen LogP) is 7.18. The molecule has 1 N–H and O–H groups in total. The monoisotopic (exact) mass is 751 g/mol. The van der Waals surface area contributed by atoms with Crippen LogP contribution in [0.15, 0.2) is 117 Å². The van der Waals surface area contributed by atoms with Crippen molar-refractivity contribution in [2.24, 2.45) is 5.92 Å². The second kappa shape index (κ2) is 17.6. The van der Waals surface area contributed by atoms with E-state index in [-0.39, 0.29) is 29.7 Å². The van der Waals surface area contributed by atoms with Gasteiger partial charge in [0, 0.05) is 28.9 Å². The van der Waals surface area contributed by atoms with Crippen molar-refractivity contribution in [2.45, 2.75) is 49.6 Å². The highest BCUT2D eigenvalue weighted by Crippen LogP contribution is 2.28. The zero-order chi connectivity index (χ0) is 34.7. The molecule has 0 saturated carbocycles. The number of hydrogen-bond acceptors (Lipinski definition) is 6. The van der Waals surface area contributed by atoms with Gasteiger partial charge in [0.2, 0.25) is 11.8 Å². The van der Waals surface area contributed by atoms with Crippen molar-refractivity contribution in [1.82, 2.24) is 10.2 Å². The van der Waals surface area contributed by atoms with Crippen LogP contribution < -0.4 is 14.4 Å². The maximum Gasteiger partial charge on any atom is 0.264 e.